The minimum Gasteiger partial charge on any atom is -0.451 e. The first-order chi connectivity index (χ1) is 15.3. The van der Waals surface area contributed by atoms with Crippen LogP contribution in [0.15, 0.2) is 58.4 Å². The van der Waals surface area contributed by atoms with Gasteiger partial charge in [0.15, 0.2) is 17.3 Å². The van der Waals surface area contributed by atoms with Crippen LogP contribution in [0, 0.1) is 11.6 Å². The summed E-state index contributed by atoms with van der Waals surface area (Å²) < 4.78 is 38.2. The SMILES string of the molecule is Cn1cc(-c2ccc3c(c2Oc2ccc(F)cc2F)n(C)c(=O)n3C)c2cc[nH]c2c1=O.[HH]. The van der Waals surface area contributed by atoms with Gasteiger partial charge in [-0.1, -0.05) is 0 Å². The number of ether oxygens (including phenoxy) is 1. The number of halogens is 2. The lowest BCUT2D eigenvalue weighted by molar-refractivity contribution is 0.441. The lowest BCUT2D eigenvalue weighted by Crippen LogP contribution is -2.19. The zero-order chi connectivity index (χ0) is 22.7. The predicted octanol–water partition coefficient (Wildman–Crippen LogP) is 4.04. The number of imidazole rings is 1. The molecule has 5 aromatic rings. The summed E-state index contributed by atoms with van der Waals surface area (Å²) in [5.41, 5.74) is 2.14. The molecule has 2 aromatic carbocycles. The smallest absolute Gasteiger partial charge is 0.328 e. The second-order valence-corrected chi connectivity index (χ2v) is 7.61. The molecular weight excluding hydrogens is 418 g/mol. The van der Waals surface area contributed by atoms with Crippen molar-refractivity contribution < 1.29 is 14.9 Å². The summed E-state index contributed by atoms with van der Waals surface area (Å²) >= 11 is 0. The Morgan fingerprint density at radius 1 is 0.969 bits per heavy atom. The summed E-state index contributed by atoms with van der Waals surface area (Å²) in [6.07, 6.45) is 3.32. The third kappa shape index (κ3) is 2.78. The third-order valence-corrected chi connectivity index (χ3v) is 5.67. The average Bonchev–Trinajstić information content (AvgIpc) is 3.34. The van der Waals surface area contributed by atoms with Crippen molar-refractivity contribution in [3.63, 3.8) is 0 Å². The van der Waals surface area contributed by atoms with Gasteiger partial charge in [0, 0.05) is 57.5 Å². The molecule has 0 unspecified atom stereocenters. The van der Waals surface area contributed by atoms with Crippen LogP contribution in [-0.2, 0) is 21.1 Å². The van der Waals surface area contributed by atoms with E-state index in [2.05, 4.69) is 4.98 Å². The number of aryl methyl sites for hydroxylation is 3. The molecule has 0 saturated carbocycles. The van der Waals surface area contributed by atoms with E-state index in [1.807, 2.05) is 0 Å². The third-order valence-electron chi connectivity index (χ3n) is 5.67. The predicted molar refractivity (Wildman–Crippen MR) is 119 cm³/mol. The van der Waals surface area contributed by atoms with E-state index >= 15 is 0 Å². The van der Waals surface area contributed by atoms with Crippen molar-refractivity contribution in [1.82, 2.24) is 18.7 Å². The molecule has 7 nitrogen and oxygen atoms in total. The molecule has 0 aliphatic carbocycles. The number of benzene rings is 2. The molecule has 0 fully saturated rings. The van der Waals surface area contributed by atoms with Gasteiger partial charge in [-0.25, -0.2) is 13.6 Å². The monoisotopic (exact) mass is 438 g/mol. The van der Waals surface area contributed by atoms with Crippen LogP contribution in [0.25, 0.3) is 33.1 Å². The highest BCUT2D eigenvalue weighted by molar-refractivity contribution is 6.00. The van der Waals surface area contributed by atoms with Crippen molar-refractivity contribution in [3.8, 4) is 22.6 Å². The number of pyridine rings is 1. The summed E-state index contributed by atoms with van der Waals surface area (Å²) in [5.74, 6) is -1.57. The van der Waals surface area contributed by atoms with Gasteiger partial charge in [0.1, 0.15) is 16.9 Å². The van der Waals surface area contributed by atoms with E-state index in [-0.39, 0.29) is 24.2 Å². The minimum atomic E-state index is -0.874. The fourth-order valence-corrected chi connectivity index (χ4v) is 4.05. The molecule has 3 aromatic heterocycles. The normalized spacial score (nSPS) is 11.5. The number of hydrogen-bond acceptors (Lipinski definition) is 3. The van der Waals surface area contributed by atoms with Crippen molar-refractivity contribution in [3.05, 3.63) is 81.3 Å². The lowest BCUT2D eigenvalue weighted by atomic mass is 10.0. The van der Waals surface area contributed by atoms with E-state index < -0.39 is 11.6 Å². The van der Waals surface area contributed by atoms with Crippen LogP contribution in [0.1, 0.15) is 1.43 Å². The number of nitrogens with one attached hydrogen (secondary N) is 1. The van der Waals surface area contributed by atoms with E-state index in [1.165, 1.54) is 19.8 Å². The Labute approximate surface area is 181 Å². The number of nitrogens with zero attached hydrogens (tertiary/aromatic N) is 3. The van der Waals surface area contributed by atoms with Crippen molar-refractivity contribution in [2.75, 3.05) is 0 Å². The molecular formula is C23H20F2N4O3. The van der Waals surface area contributed by atoms with E-state index in [9.17, 15) is 18.4 Å². The van der Waals surface area contributed by atoms with Gasteiger partial charge >= 0.3 is 5.69 Å². The topological polar surface area (TPSA) is 73.9 Å². The van der Waals surface area contributed by atoms with E-state index in [0.29, 0.717) is 33.1 Å². The van der Waals surface area contributed by atoms with Crippen LogP contribution in [-0.4, -0.2) is 18.7 Å². The summed E-state index contributed by atoms with van der Waals surface area (Å²) in [5, 5.41) is 0.651. The zero-order valence-corrected chi connectivity index (χ0v) is 17.4. The minimum absolute atomic E-state index is 0. The molecule has 0 bridgehead atoms. The fourth-order valence-electron chi connectivity index (χ4n) is 4.05. The summed E-state index contributed by atoms with van der Waals surface area (Å²) in [4.78, 5) is 28.1. The Hall–Kier alpha value is -4.14. The summed E-state index contributed by atoms with van der Waals surface area (Å²) in [7, 11) is 4.85. The molecule has 164 valence electrons. The van der Waals surface area contributed by atoms with Crippen LogP contribution >= 0.6 is 0 Å². The standard InChI is InChI=1S/C23H18F2N4O3.H2/c1-27-11-15(13-8-9-26-19(13)22(27)30)14-5-6-17-20(29(3)23(31)28(17)2)21(14)32-18-7-4-12(24)10-16(18)25;/h4-11,26H,1-3H3;1H. The van der Waals surface area contributed by atoms with Gasteiger partial charge in [0.05, 0.1) is 5.52 Å². The molecule has 5 rings (SSSR count). The molecule has 32 heavy (non-hydrogen) atoms. The Bertz CT molecular complexity index is 1660. The molecule has 0 amide bonds. The molecule has 0 aliphatic heterocycles. The van der Waals surface area contributed by atoms with Gasteiger partial charge in [-0.05, 0) is 30.3 Å². The maximum absolute atomic E-state index is 14.5. The molecule has 0 radical (unpaired) electrons. The van der Waals surface area contributed by atoms with Gasteiger partial charge in [0.25, 0.3) is 5.56 Å². The second kappa shape index (κ2) is 6.94. The van der Waals surface area contributed by atoms with Crippen molar-refractivity contribution in [2.45, 2.75) is 0 Å². The number of aromatic nitrogens is 4. The van der Waals surface area contributed by atoms with Gasteiger partial charge in [0.2, 0.25) is 0 Å². The first-order valence-electron chi connectivity index (χ1n) is 9.76. The molecule has 0 atom stereocenters. The van der Waals surface area contributed by atoms with Gasteiger partial charge in [-0.2, -0.15) is 0 Å². The first kappa shape index (κ1) is 19.8. The first-order valence-corrected chi connectivity index (χ1v) is 9.76. The number of rotatable bonds is 3. The fraction of sp³-hybridized carbons (Fsp3) is 0.130. The number of hydrogen-bond donors (Lipinski definition) is 1. The van der Waals surface area contributed by atoms with Crippen LogP contribution in [0.4, 0.5) is 8.78 Å². The Morgan fingerprint density at radius 3 is 2.50 bits per heavy atom. The van der Waals surface area contributed by atoms with Crippen LogP contribution in [0.2, 0.25) is 0 Å². The average molecular weight is 438 g/mol. The van der Waals surface area contributed by atoms with Crippen LogP contribution < -0.4 is 16.0 Å². The number of fused-ring (bicyclic) bond motifs is 2. The van der Waals surface area contributed by atoms with Gasteiger partial charge < -0.3 is 14.3 Å². The van der Waals surface area contributed by atoms with E-state index in [0.717, 1.165) is 12.1 Å². The molecule has 0 saturated heterocycles. The molecule has 3 heterocycles. The molecule has 9 heteroatoms. The quantitative estimate of drug-likeness (QED) is 0.462. The highest BCUT2D eigenvalue weighted by Gasteiger charge is 2.22. The number of H-pyrrole nitrogens is 1. The van der Waals surface area contributed by atoms with Crippen LogP contribution in [0.5, 0.6) is 11.5 Å². The summed E-state index contributed by atoms with van der Waals surface area (Å²) in [6.45, 7) is 0. The second-order valence-electron chi connectivity index (χ2n) is 7.61. The summed E-state index contributed by atoms with van der Waals surface area (Å²) in [6, 6.07) is 8.31. The van der Waals surface area contributed by atoms with Crippen molar-refractivity contribution >= 4 is 21.9 Å². The van der Waals surface area contributed by atoms with Crippen molar-refractivity contribution in [2.24, 2.45) is 21.1 Å². The Kier molecular flexibility index (Phi) is 4.30. The maximum atomic E-state index is 14.5. The highest BCUT2D eigenvalue weighted by Crippen LogP contribution is 2.41. The number of aromatic amines is 1. The Morgan fingerprint density at radius 2 is 1.75 bits per heavy atom. The van der Waals surface area contributed by atoms with Crippen LogP contribution in [0.3, 0.4) is 0 Å². The Balaban J connectivity index is 0.00000259. The lowest BCUT2D eigenvalue weighted by Gasteiger charge is -2.16. The molecule has 0 spiro atoms. The maximum Gasteiger partial charge on any atom is 0.328 e. The van der Waals surface area contributed by atoms with Crippen molar-refractivity contribution in [1.29, 1.82) is 0 Å². The zero-order valence-electron chi connectivity index (χ0n) is 17.4. The van der Waals surface area contributed by atoms with E-state index in [4.69, 9.17) is 4.74 Å². The molecule has 0 aliphatic rings. The largest absolute Gasteiger partial charge is 0.451 e. The molecule has 1 N–H and O–H groups in total. The van der Waals surface area contributed by atoms with Gasteiger partial charge in [-0.15, -0.1) is 0 Å². The highest BCUT2D eigenvalue weighted by atomic mass is 19.1. The van der Waals surface area contributed by atoms with Gasteiger partial charge in [-0.3, -0.25) is 13.9 Å². The van der Waals surface area contributed by atoms with E-state index in [1.54, 1.807) is 51.7 Å².